The fourth-order valence-electron chi connectivity index (χ4n) is 4.84. The molecule has 0 radical (unpaired) electrons. The zero-order chi connectivity index (χ0) is 23.9. The van der Waals surface area contributed by atoms with Crippen LogP contribution in [0.2, 0.25) is 0 Å². The molecule has 1 N–H and O–H groups in total. The van der Waals surface area contributed by atoms with E-state index in [0.717, 1.165) is 35.2 Å². The van der Waals surface area contributed by atoms with Crippen molar-refractivity contribution < 1.29 is 19.4 Å². The molecular weight excluding hydrogens is 428 g/mol. The molecule has 3 aromatic carbocycles. The molecule has 0 bridgehead atoms. The van der Waals surface area contributed by atoms with Crippen LogP contribution in [0.15, 0.2) is 78.9 Å². The highest BCUT2D eigenvalue weighted by Crippen LogP contribution is 2.36. The van der Waals surface area contributed by atoms with Crippen LogP contribution in [0, 0.1) is 5.92 Å². The lowest BCUT2D eigenvalue weighted by Gasteiger charge is -2.43. The van der Waals surface area contributed by atoms with Gasteiger partial charge in [-0.1, -0.05) is 55.5 Å². The van der Waals surface area contributed by atoms with Gasteiger partial charge in [-0.05, 0) is 66.6 Å². The van der Waals surface area contributed by atoms with Gasteiger partial charge in [0, 0.05) is 6.54 Å². The van der Waals surface area contributed by atoms with Gasteiger partial charge < -0.3 is 14.6 Å². The number of fused-ring (bicyclic) bond motifs is 1. The van der Waals surface area contributed by atoms with Crippen LogP contribution in [0.4, 0.5) is 11.4 Å². The third kappa shape index (κ3) is 5.03. The summed E-state index contributed by atoms with van der Waals surface area (Å²) in [7, 11) is 0. The molecule has 0 amide bonds. The summed E-state index contributed by atoms with van der Waals surface area (Å²) >= 11 is 0. The van der Waals surface area contributed by atoms with E-state index in [4.69, 9.17) is 9.84 Å². The van der Waals surface area contributed by atoms with Gasteiger partial charge in [0.05, 0.1) is 17.4 Å². The average molecular weight is 459 g/mol. The third-order valence-electron chi connectivity index (χ3n) is 6.38. The van der Waals surface area contributed by atoms with E-state index in [1.165, 1.54) is 0 Å². The molecule has 6 heteroatoms. The van der Waals surface area contributed by atoms with Crippen LogP contribution in [0.1, 0.15) is 24.5 Å². The molecule has 0 aliphatic heterocycles. The number of benzene rings is 3. The van der Waals surface area contributed by atoms with E-state index < -0.39 is 12.6 Å². The largest absolute Gasteiger partial charge is 0.425 e. The maximum atomic E-state index is 12.6. The van der Waals surface area contributed by atoms with Crippen molar-refractivity contribution in [2.45, 2.75) is 32.2 Å². The van der Waals surface area contributed by atoms with Crippen molar-refractivity contribution >= 4 is 23.6 Å². The Hall–Kier alpha value is -3.48. The first-order valence-electron chi connectivity index (χ1n) is 11.7. The standard InChI is InChI=1S/C28H30N2O4/c1-2-29(30(23-11-5-3-6-12-23)24-13-7-4-8-14-24)26(19-31)22-16-17-25-21(18-22)10-9-15-27(25)34-28(33)20-32/h3-15,19,22,26,32H,2,16-18,20H2,1H3. The Morgan fingerprint density at radius 3 is 2.24 bits per heavy atom. The number of esters is 1. The Bertz CT molecular complexity index is 1060. The molecule has 0 spiro atoms. The van der Waals surface area contributed by atoms with E-state index >= 15 is 0 Å². The molecule has 176 valence electrons. The predicted molar refractivity (Wildman–Crippen MR) is 132 cm³/mol. The molecule has 2 unspecified atom stereocenters. The smallest absolute Gasteiger partial charge is 0.337 e. The second-order valence-corrected chi connectivity index (χ2v) is 8.39. The Balaban J connectivity index is 1.65. The Morgan fingerprint density at radius 2 is 1.68 bits per heavy atom. The summed E-state index contributed by atoms with van der Waals surface area (Å²) in [5, 5.41) is 13.3. The maximum Gasteiger partial charge on any atom is 0.337 e. The number of anilines is 2. The van der Waals surface area contributed by atoms with Gasteiger partial charge in [0.15, 0.2) is 0 Å². The lowest BCUT2D eigenvalue weighted by Crippen LogP contribution is -2.51. The molecule has 0 saturated heterocycles. The highest BCUT2D eigenvalue weighted by Gasteiger charge is 2.34. The van der Waals surface area contributed by atoms with Crippen molar-refractivity contribution in [1.82, 2.24) is 5.01 Å². The molecule has 1 aliphatic rings. The van der Waals surface area contributed by atoms with Gasteiger partial charge in [-0.3, -0.25) is 5.01 Å². The highest BCUT2D eigenvalue weighted by atomic mass is 16.5. The highest BCUT2D eigenvalue weighted by molar-refractivity contribution is 5.74. The van der Waals surface area contributed by atoms with Gasteiger partial charge >= 0.3 is 5.97 Å². The quantitative estimate of drug-likeness (QED) is 0.223. The number of likely N-dealkylation sites (N-methyl/N-ethyl adjacent to an activating group) is 1. The summed E-state index contributed by atoms with van der Waals surface area (Å²) in [4.78, 5) is 24.2. The SMILES string of the molecule is CCN(C(C=O)C1CCc2c(cccc2OC(=O)CO)C1)N(c1ccccc1)c1ccccc1. The molecule has 0 fully saturated rings. The fourth-order valence-corrected chi connectivity index (χ4v) is 4.84. The van der Waals surface area contributed by atoms with E-state index in [1.54, 1.807) is 6.07 Å². The fraction of sp³-hybridized carbons (Fsp3) is 0.286. The van der Waals surface area contributed by atoms with Crippen LogP contribution >= 0.6 is 0 Å². The number of ether oxygens (including phenoxy) is 1. The second kappa shape index (κ2) is 11.1. The molecule has 0 aromatic heterocycles. The maximum absolute atomic E-state index is 12.6. The lowest BCUT2D eigenvalue weighted by atomic mass is 9.79. The number of hydrogen-bond donors (Lipinski definition) is 1. The van der Waals surface area contributed by atoms with E-state index in [2.05, 4.69) is 41.2 Å². The topological polar surface area (TPSA) is 70.1 Å². The first-order chi connectivity index (χ1) is 16.7. The van der Waals surface area contributed by atoms with Gasteiger partial charge in [0.1, 0.15) is 18.6 Å². The molecule has 3 aromatic rings. The summed E-state index contributed by atoms with van der Waals surface area (Å²) in [6.07, 6.45) is 3.26. The summed E-state index contributed by atoms with van der Waals surface area (Å²) < 4.78 is 5.33. The number of nitrogens with zero attached hydrogens (tertiary/aromatic N) is 2. The number of hydrogen-bond acceptors (Lipinski definition) is 6. The first kappa shape index (κ1) is 23.7. The van der Waals surface area contributed by atoms with Crippen LogP contribution in [-0.2, 0) is 22.4 Å². The first-order valence-corrected chi connectivity index (χ1v) is 11.7. The number of carbonyl (C=O) groups excluding carboxylic acids is 2. The summed E-state index contributed by atoms with van der Waals surface area (Å²) in [6.45, 7) is 2.07. The number of aliphatic hydroxyl groups excluding tert-OH is 1. The average Bonchev–Trinajstić information content (AvgIpc) is 2.89. The normalized spacial score (nSPS) is 15.9. The number of para-hydroxylation sites is 2. The van der Waals surface area contributed by atoms with Crippen LogP contribution in [-0.4, -0.2) is 41.6 Å². The minimum atomic E-state index is -0.667. The van der Waals surface area contributed by atoms with E-state index in [9.17, 15) is 9.59 Å². The number of rotatable bonds is 9. The van der Waals surface area contributed by atoms with Gasteiger partial charge in [-0.25, -0.2) is 9.80 Å². The van der Waals surface area contributed by atoms with Crippen LogP contribution in [0.25, 0.3) is 0 Å². The molecule has 6 nitrogen and oxygen atoms in total. The molecule has 2 atom stereocenters. The minimum Gasteiger partial charge on any atom is -0.425 e. The van der Waals surface area contributed by atoms with Gasteiger partial charge in [0.25, 0.3) is 0 Å². The zero-order valence-corrected chi connectivity index (χ0v) is 19.3. The molecule has 1 aliphatic carbocycles. The third-order valence-corrected chi connectivity index (χ3v) is 6.38. The Labute approximate surface area is 200 Å². The van der Waals surface area contributed by atoms with E-state index in [1.807, 2.05) is 48.5 Å². The summed E-state index contributed by atoms with van der Waals surface area (Å²) in [5.74, 6) is -0.0660. The van der Waals surface area contributed by atoms with Crippen molar-refractivity contribution in [2.75, 3.05) is 18.2 Å². The van der Waals surface area contributed by atoms with Gasteiger partial charge in [0.2, 0.25) is 0 Å². The molecule has 0 saturated carbocycles. The number of aldehydes is 1. The summed E-state index contributed by atoms with van der Waals surface area (Å²) in [6, 6.07) is 25.5. The van der Waals surface area contributed by atoms with E-state index in [-0.39, 0.29) is 12.0 Å². The molecule has 4 rings (SSSR count). The number of carbonyl (C=O) groups is 2. The zero-order valence-electron chi connectivity index (χ0n) is 19.3. The molecule has 34 heavy (non-hydrogen) atoms. The van der Waals surface area contributed by atoms with Crippen molar-refractivity contribution in [3.8, 4) is 5.75 Å². The van der Waals surface area contributed by atoms with Crippen molar-refractivity contribution in [1.29, 1.82) is 0 Å². The van der Waals surface area contributed by atoms with Crippen LogP contribution in [0.3, 0.4) is 0 Å². The monoisotopic (exact) mass is 458 g/mol. The summed E-state index contributed by atoms with van der Waals surface area (Å²) in [5.41, 5.74) is 4.05. The lowest BCUT2D eigenvalue weighted by molar-refractivity contribution is -0.137. The van der Waals surface area contributed by atoms with Crippen molar-refractivity contribution in [3.63, 3.8) is 0 Å². The van der Waals surface area contributed by atoms with Crippen LogP contribution in [0.5, 0.6) is 5.75 Å². The second-order valence-electron chi connectivity index (χ2n) is 8.39. The predicted octanol–water partition coefficient (Wildman–Crippen LogP) is 4.33. The Kier molecular flexibility index (Phi) is 7.72. The minimum absolute atomic E-state index is 0.101. The Morgan fingerprint density at radius 1 is 1.03 bits per heavy atom. The number of aliphatic hydroxyl groups is 1. The van der Waals surface area contributed by atoms with Crippen molar-refractivity contribution in [2.24, 2.45) is 5.92 Å². The van der Waals surface area contributed by atoms with Gasteiger partial charge in [-0.2, -0.15) is 0 Å². The van der Waals surface area contributed by atoms with Gasteiger partial charge in [-0.15, -0.1) is 0 Å². The molecular formula is C28H30N2O4. The van der Waals surface area contributed by atoms with E-state index in [0.29, 0.717) is 25.1 Å². The van der Waals surface area contributed by atoms with Crippen molar-refractivity contribution in [3.05, 3.63) is 90.0 Å². The molecule has 0 heterocycles. The van der Waals surface area contributed by atoms with Crippen LogP contribution < -0.4 is 9.75 Å². The number of hydrazine groups is 1.